The topological polar surface area (TPSA) is 55.3 Å². The van der Waals surface area contributed by atoms with E-state index in [-0.39, 0.29) is 11.3 Å². The molecule has 3 heterocycles. The van der Waals surface area contributed by atoms with Gasteiger partial charge in [0, 0.05) is 30.1 Å². The molecule has 0 N–H and O–H groups in total. The van der Waals surface area contributed by atoms with Crippen molar-refractivity contribution >= 4 is 5.91 Å². The van der Waals surface area contributed by atoms with Crippen molar-refractivity contribution in [2.24, 2.45) is 0 Å². The van der Waals surface area contributed by atoms with Crippen molar-refractivity contribution in [2.45, 2.75) is 45.7 Å². The fourth-order valence-corrected chi connectivity index (χ4v) is 3.21. The molecule has 24 heavy (non-hydrogen) atoms. The van der Waals surface area contributed by atoms with Crippen molar-refractivity contribution in [3.05, 3.63) is 52.6 Å². The molecule has 0 spiro atoms. The zero-order valence-electron chi connectivity index (χ0n) is 14.3. The van der Waals surface area contributed by atoms with E-state index in [0.29, 0.717) is 25.3 Å². The minimum absolute atomic E-state index is 0.00376. The van der Waals surface area contributed by atoms with Crippen LogP contribution in [0.1, 0.15) is 53.8 Å². The van der Waals surface area contributed by atoms with Crippen molar-refractivity contribution in [3.8, 4) is 5.75 Å². The molecular formula is C19H21N3O2. The van der Waals surface area contributed by atoms with Gasteiger partial charge in [-0.05, 0) is 11.6 Å². The Bertz CT molecular complexity index is 824. The number of amides is 1. The number of benzene rings is 1. The molecule has 0 fully saturated rings. The van der Waals surface area contributed by atoms with Gasteiger partial charge in [0.1, 0.15) is 11.6 Å². The fourth-order valence-electron chi connectivity index (χ4n) is 3.21. The Kier molecular flexibility index (Phi) is 3.34. The highest BCUT2D eigenvalue weighted by molar-refractivity contribution is 5.97. The van der Waals surface area contributed by atoms with E-state index in [2.05, 4.69) is 30.7 Å². The maximum absolute atomic E-state index is 13.0. The molecule has 5 heteroatoms. The lowest BCUT2D eigenvalue weighted by atomic mass is 9.95. The predicted molar refractivity (Wildman–Crippen MR) is 90.0 cm³/mol. The van der Waals surface area contributed by atoms with Gasteiger partial charge >= 0.3 is 0 Å². The third kappa shape index (κ3) is 2.44. The van der Waals surface area contributed by atoms with Gasteiger partial charge in [0.2, 0.25) is 0 Å². The van der Waals surface area contributed by atoms with Gasteiger partial charge in [0.25, 0.3) is 5.91 Å². The van der Waals surface area contributed by atoms with Crippen LogP contribution >= 0.6 is 0 Å². The zero-order chi connectivity index (χ0) is 16.9. The third-order valence-electron chi connectivity index (χ3n) is 4.56. The summed E-state index contributed by atoms with van der Waals surface area (Å²) >= 11 is 0. The molecule has 5 nitrogen and oxygen atoms in total. The van der Waals surface area contributed by atoms with E-state index >= 15 is 0 Å². The second-order valence-corrected chi connectivity index (χ2v) is 7.47. The summed E-state index contributed by atoms with van der Waals surface area (Å²) in [5.41, 5.74) is 3.66. The first kappa shape index (κ1) is 15.1. The standard InChI is InChI=1S/C19H21N3O2/c1-19(2,3)18-20-9-13-10-22(11-15(13)21-18)17(23)14-6-4-5-12-7-8-24-16(12)14/h4-6,9H,7-8,10-11H2,1-3H3. The van der Waals surface area contributed by atoms with Crippen LogP contribution in [0, 0.1) is 0 Å². The van der Waals surface area contributed by atoms with Gasteiger partial charge in [-0.3, -0.25) is 4.79 Å². The molecule has 2 aliphatic heterocycles. The van der Waals surface area contributed by atoms with Gasteiger partial charge in [-0.25, -0.2) is 9.97 Å². The summed E-state index contributed by atoms with van der Waals surface area (Å²) < 4.78 is 5.68. The number of hydrogen-bond donors (Lipinski definition) is 0. The number of ether oxygens (including phenoxy) is 1. The molecule has 0 atom stereocenters. The van der Waals surface area contributed by atoms with Crippen molar-refractivity contribution in [1.82, 2.24) is 14.9 Å². The summed E-state index contributed by atoms with van der Waals surface area (Å²) in [6.07, 6.45) is 2.74. The molecular weight excluding hydrogens is 302 g/mol. The van der Waals surface area contributed by atoms with Crippen molar-refractivity contribution in [3.63, 3.8) is 0 Å². The molecule has 0 unspecified atom stereocenters. The van der Waals surface area contributed by atoms with Gasteiger partial charge in [0.15, 0.2) is 0 Å². The lowest BCUT2D eigenvalue weighted by molar-refractivity contribution is 0.0747. The number of para-hydroxylation sites is 1. The van der Waals surface area contributed by atoms with Crippen LogP contribution in [0.2, 0.25) is 0 Å². The molecule has 4 rings (SSSR count). The quantitative estimate of drug-likeness (QED) is 0.810. The largest absolute Gasteiger partial charge is 0.492 e. The average molecular weight is 323 g/mol. The molecule has 2 aliphatic rings. The second-order valence-electron chi connectivity index (χ2n) is 7.47. The minimum atomic E-state index is -0.0967. The van der Waals surface area contributed by atoms with Crippen LogP contribution in [-0.4, -0.2) is 27.4 Å². The van der Waals surface area contributed by atoms with Gasteiger partial charge in [-0.1, -0.05) is 32.9 Å². The number of rotatable bonds is 1. The van der Waals surface area contributed by atoms with Crippen molar-refractivity contribution in [2.75, 3.05) is 6.61 Å². The molecule has 1 aromatic carbocycles. The molecule has 1 amide bonds. The summed E-state index contributed by atoms with van der Waals surface area (Å²) in [7, 11) is 0. The molecule has 0 aliphatic carbocycles. The Morgan fingerprint density at radius 3 is 2.83 bits per heavy atom. The summed E-state index contributed by atoms with van der Waals surface area (Å²) in [6, 6.07) is 5.81. The third-order valence-corrected chi connectivity index (χ3v) is 4.56. The van der Waals surface area contributed by atoms with Gasteiger partial charge < -0.3 is 9.64 Å². The Morgan fingerprint density at radius 2 is 2.04 bits per heavy atom. The fraction of sp³-hybridized carbons (Fsp3) is 0.421. The first-order valence-corrected chi connectivity index (χ1v) is 8.33. The normalized spacial score (nSPS) is 15.9. The SMILES string of the molecule is CC(C)(C)c1ncc2c(n1)CN(C(=O)c1cccc3c1OCC3)C2. The Labute approximate surface area is 141 Å². The molecule has 1 aromatic heterocycles. The summed E-state index contributed by atoms with van der Waals surface area (Å²) in [5, 5.41) is 0. The number of hydrogen-bond acceptors (Lipinski definition) is 4. The van der Waals surface area contributed by atoms with Crippen molar-refractivity contribution < 1.29 is 9.53 Å². The lowest BCUT2D eigenvalue weighted by Gasteiger charge is -2.17. The molecule has 0 saturated carbocycles. The van der Waals surface area contributed by atoms with Crippen LogP contribution in [-0.2, 0) is 24.9 Å². The van der Waals surface area contributed by atoms with E-state index in [4.69, 9.17) is 4.74 Å². The van der Waals surface area contributed by atoms with Crippen LogP contribution < -0.4 is 4.74 Å². The van der Waals surface area contributed by atoms with E-state index < -0.39 is 0 Å². The van der Waals surface area contributed by atoms with Crippen LogP contribution in [0.3, 0.4) is 0 Å². The first-order valence-electron chi connectivity index (χ1n) is 8.33. The summed E-state index contributed by atoms with van der Waals surface area (Å²) in [4.78, 5) is 23.9. The van der Waals surface area contributed by atoms with Gasteiger partial charge in [0.05, 0.1) is 24.4 Å². The minimum Gasteiger partial charge on any atom is -0.492 e. The maximum Gasteiger partial charge on any atom is 0.258 e. The average Bonchev–Trinajstić information content (AvgIpc) is 3.18. The van der Waals surface area contributed by atoms with Crippen LogP contribution in [0.5, 0.6) is 5.75 Å². The summed E-state index contributed by atoms with van der Waals surface area (Å²) in [5.74, 6) is 1.57. The Morgan fingerprint density at radius 1 is 1.21 bits per heavy atom. The molecule has 0 saturated heterocycles. The Hall–Kier alpha value is -2.43. The number of nitrogens with zero attached hydrogens (tertiary/aromatic N) is 3. The highest BCUT2D eigenvalue weighted by Crippen LogP contribution is 2.32. The maximum atomic E-state index is 13.0. The van der Waals surface area contributed by atoms with E-state index in [1.807, 2.05) is 29.3 Å². The lowest BCUT2D eigenvalue weighted by Crippen LogP contribution is -2.25. The molecule has 124 valence electrons. The van der Waals surface area contributed by atoms with Crippen LogP contribution in [0.25, 0.3) is 0 Å². The smallest absolute Gasteiger partial charge is 0.258 e. The van der Waals surface area contributed by atoms with Crippen molar-refractivity contribution in [1.29, 1.82) is 0 Å². The highest BCUT2D eigenvalue weighted by atomic mass is 16.5. The summed E-state index contributed by atoms with van der Waals surface area (Å²) in [6.45, 7) is 8.03. The number of aromatic nitrogens is 2. The Balaban J connectivity index is 1.61. The van der Waals surface area contributed by atoms with Gasteiger partial charge in [-0.2, -0.15) is 0 Å². The van der Waals surface area contributed by atoms with Crippen LogP contribution in [0.15, 0.2) is 24.4 Å². The van der Waals surface area contributed by atoms with Gasteiger partial charge in [-0.15, -0.1) is 0 Å². The monoisotopic (exact) mass is 323 g/mol. The van der Waals surface area contributed by atoms with E-state index in [1.54, 1.807) is 0 Å². The predicted octanol–water partition coefficient (Wildman–Crippen LogP) is 2.87. The molecule has 0 radical (unpaired) electrons. The zero-order valence-corrected chi connectivity index (χ0v) is 14.3. The number of carbonyl (C=O) groups excluding carboxylic acids is 1. The van der Waals surface area contributed by atoms with E-state index in [0.717, 1.165) is 34.8 Å². The van der Waals surface area contributed by atoms with E-state index in [9.17, 15) is 4.79 Å². The molecule has 2 aromatic rings. The number of carbonyl (C=O) groups is 1. The van der Waals surface area contributed by atoms with E-state index in [1.165, 1.54) is 0 Å². The molecule has 0 bridgehead atoms. The number of fused-ring (bicyclic) bond motifs is 2. The first-order chi connectivity index (χ1) is 11.4. The highest BCUT2D eigenvalue weighted by Gasteiger charge is 2.30. The van der Waals surface area contributed by atoms with Crippen LogP contribution in [0.4, 0.5) is 0 Å². The second kappa shape index (κ2) is 5.30.